The lowest BCUT2D eigenvalue weighted by molar-refractivity contribution is 0.453. The van der Waals surface area contributed by atoms with Crippen LogP contribution in [0.3, 0.4) is 0 Å². The molecule has 0 aromatic carbocycles. The van der Waals surface area contributed by atoms with Crippen LogP contribution in [0.5, 0.6) is 0 Å². The number of hydrogen-bond donors (Lipinski definition) is 1. The van der Waals surface area contributed by atoms with Gasteiger partial charge in [-0.3, -0.25) is 4.68 Å². The average molecular weight is 219 g/mol. The molecule has 1 aromatic heterocycles. The van der Waals surface area contributed by atoms with Crippen LogP contribution in [0, 0.1) is 13.8 Å². The first-order valence-electron chi connectivity index (χ1n) is 6.47. The second kappa shape index (κ2) is 3.33. The second-order valence-electron chi connectivity index (χ2n) is 5.58. The molecular formula is C13H21N3. The summed E-state index contributed by atoms with van der Waals surface area (Å²) in [5, 5.41) is 4.74. The molecule has 2 saturated carbocycles. The third-order valence-electron chi connectivity index (χ3n) is 4.28. The first-order chi connectivity index (χ1) is 7.62. The fourth-order valence-electron chi connectivity index (χ4n) is 3.27. The summed E-state index contributed by atoms with van der Waals surface area (Å²) in [5.74, 6) is 0. The van der Waals surface area contributed by atoms with E-state index in [0.29, 0.717) is 6.04 Å². The van der Waals surface area contributed by atoms with Gasteiger partial charge in [-0.2, -0.15) is 5.10 Å². The van der Waals surface area contributed by atoms with Gasteiger partial charge in [0, 0.05) is 16.8 Å². The predicted octanol–water partition coefficient (Wildman–Crippen LogP) is 2.56. The van der Waals surface area contributed by atoms with Crippen LogP contribution in [0.2, 0.25) is 0 Å². The summed E-state index contributed by atoms with van der Waals surface area (Å²) in [7, 11) is 0. The fraction of sp³-hybridized carbons (Fsp3) is 0.769. The van der Waals surface area contributed by atoms with E-state index >= 15 is 0 Å². The van der Waals surface area contributed by atoms with E-state index in [1.54, 1.807) is 0 Å². The fourth-order valence-corrected chi connectivity index (χ4v) is 3.27. The highest BCUT2D eigenvalue weighted by Gasteiger charge is 2.44. The largest absolute Gasteiger partial charge is 0.321 e. The average Bonchev–Trinajstić information content (AvgIpc) is 2.68. The molecular weight excluding hydrogens is 198 g/mol. The van der Waals surface area contributed by atoms with E-state index in [1.165, 1.54) is 36.9 Å². The summed E-state index contributed by atoms with van der Waals surface area (Å²) >= 11 is 0. The van der Waals surface area contributed by atoms with E-state index in [2.05, 4.69) is 18.5 Å². The van der Waals surface area contributed by atoms with Crippen molar-refractivity contribution < 1.29 is 0 Å². The van der Waals surface area contributed by atoms with Crippen molar-refractivity contribution in [3.8, 4) is 0 Å². The van der Waals surface area contributed by atoms with E-state index in [9.17, 15) is 0 Å². The van der Waals surface area contributed by atoms with Gasteiger partial charge in [-0.05, 0) is 39.5 Å². The molecule has 0 spiro atoms. The normalized spacial score (nSPS) is 23.9. The molecule has 0 atom stereocenters. The number of aromatic nitrogens is 2. The molecule has 0 amide bonds. The molecule has 88 valence electrons. The van der Waals surface area contributed by atoms with Crippen molar-refractivity contribution in [2.24, 2.45) is 5.73 Å². The summed E-state index contributed by atoms with van der Waals surface area (Å²) in [6.07, 6.45) is 7.55. The Labute approximate surface area is 97.0 Å². The van der Waals surface area contributed by atoms with Gasteiger partial charge in [-0.25, -0.2) is 0 Å². The molecule has 0 bridgehead atoms. The second-order valence-corrected chi connectivity index (χ2v) is 5.58. The Morgan fingerprint density at radius 2 is 1.88 bits per heavy atom. The lowest BCUT2D eigenvalue weighted by Gasteiger charge is -2.14. The zero-order valence-corrected chi connectivity index (χ0v) is 10.3. The first kappa shape index (κ1) is 10.3. The van der Waals surface area contributed by atoms with Crippen LogP contribution in [0.4, 0.5) is 0 Å². The molecule has 1 heterocycles. The molecule has 2 fully saturated rings. The van der Waals surface area contributed by atoms with E-state index in [-0.39, 0.29) is 5.54 Å². The highest BCUT2D eigenvalue weighted by molar-refractivity contribution is 5.37. The Kier molecular flexibility index (Phi) is 2.15. The van der Waals surface area contributed by atoms with Gasteiger partial charge in [-0.15, -0.1) is 0 Å². The van der Waals surface area contributed by atoms with Crippen LogP contribution >= 0.6 is 0 Å². The Hall–Kier alpha value is -0.830. The number of nitrogens with zero attached hydrogens (tertiary/aromatic N) is 2. The number of nitrogens with two attached hydrogens (primary N) is 1. The molecule has 3 rings (SSSR count). The first-order valence-corrected chi connectivity index (χ1v) is 6.47. The lowest BCUT2D eigenvalue weighted by atomic mass is 10.0. The Bertz CT molecular complexity index is 409. The Morgan fingerprint density at radius 3 is 2.44 bits per heavy atom. The van der Waals surface area contributed by atoms with Crippen molar-refractivity contribution in [2.75, 3.05) is 0 Å². The highest BCUT2D eigenvalue weighted by Crippen LogP contribution is 2.46. The van der Waals surface area contributed by atoms with Gasteiger partial charge in [-0.1, -0.05) is 12.8 Å². The lowest BCUT2D eigenvalue weighted by Crippen LogP contribution is -2.21. The molecule has 2 aliphatic carbocycles. The molecule has 3 nitrogen and oxygen atoms in total. The van der Waals surface area contributed by atoms with Crippen molar-refractivity contribution in [3.63, 3.8) is 0 Å². The zero-order chi connectivity index (χ0) is 11.3. The summed E-state index contributed by atoms with van der Waals surface area (Å²) in [6.45, 7) is 4.31. The molecule has 1 aromatic rings. The standard InChI is InChI=1S/C13H21N3/c1-9-12(13(14)7-8-13)10(2)16(15-9)11-5-3-4-6-11/h11H,3-8,14H2,1-2H3. The summed E-state index contributed by atoms with van der Waals surface area (Å²) < 4.78 is 2.25. The highest BCUT2D eigenvalue weighted by atomic mass is 15.3. The van der Waals surface area contributed by atoms with Gasteiger partial charge < -0.3 is 5.73 Å². The molecule has 16 heavy (non-hydrogen) atoms. The van der Waals surface area contributed by atoms with E-state index < -0.39 is 0 Å². The van der Waals surface area contributed by atoms with Gasteiger partial charge in [0.2, 0.25) is 0 Å². The number of hydrogen-bond acceptors (Lipinski definition) is 2. The Balaban J connectivity index is 2.01. The van der Waals surface area contributed by atoms with Crippen molar-refractivity contribution in [3.05, 3.63) is 17.0 Å². The van der Waals surface area contributed by atoms with Crippen LogP contribution in [0.15, 0.2) is 0 Å². The summed E-state index contributed by atoms with van der Waals surface area (Å²) in [6, 6.07) is 0.634. The maximum atomic E-state index is 6.33. The monoisotopic (exact) mass is 219 g/mol. The summed E-state index contributed by atoms with van der Waals surface area (Å²) in [4.78, 5) is 0. The predicted molar refractivity (Wildman–Crippen MR) is 64.3 cm³/mol. The van der Waals surface area contributed by atoms with Gasteiger partial charge >= 0.3 is 0 Å². The minimum absolute atomic E-state index is 0.0367. The minimum Gasteiger partial charge on any atom is -0.321 e. The molecule has 2 N–H and O–H groups in total. The van der Waals surface area contributed by atoms with Crippen LogP contribution in [0.1, 0.15) is 61.5 Å². The Morgan fingerprint density at radius 1 is 1.25 bits per heavy atom. The van der Waals surface area contributed by atoms with Crippen molar-refractivity contribution in [1.29, 1.82) is 0 Å². The van der Waals surface area contributed by atoms with Gasteiger partial charge in [0.05, 0.1) is 11.7 Å². The summed E-state index contributed by atoms with van der Waals surface area (Å²) in [5.41, 5.74) is 10.1. The van der Waals surface area contributed by atoms with Crippen LogP contribution in [-0.4, -0.2) is 9.78 Å². The van der Waals surface area contributed by atoms with Crippen LogP contribution in [0.25, 0.3) is 0 Å². The molecule has 0 radical (unpaired) electrons. The van der Waals surface area contributed by atoms with E-state index in [0.717, 1.165) is 18.5 Å². The zero-order valence-electron chi connectivity index (χ0n) is 10.3. The van der Waals surface area contributed by atoms with Gasteiger partial charge in [0.25, 0.3) is 0 Å². The molecule has 3 heteroatoms. The minimum atomic E-state index is -0.0367. The smallest absolute Gasteiger partial charge is 0.0647 e. The van der Waals surface area contributed by atoms with Gasteiger partial charge in [0.15, 0.2) is 0 Å². The molecule has 0 saturated heterocycles. The van der Waals surface area contributed by atoms with Crippen molar-refractivity contribution >= 4 is 0 Å². The van der Waals surface area contributed by atoms with Crippen LogP contribution in [-0.2, 0) is 5.54 Å². The maximum absolute atomic E-state index is 6.33. The molecule has 0 unspecified atom stereocenters. The molecule has 2 aliphatic rings. The van der Waals surface area contributed by atoms with E-state index in [1.807, 2.05) is 0 Å². The quantitative estimate of drug-likeness (QED) is 0.830. The number of aryl methyl sites for hydroxylation is 1. The van der Waals surface area contributed by atoms with Gasteiger partial charge in [0.1, 0.15) is 0 Å². The maximum Gasteiger partial charge on any atom is 0.0647 e. The van der Waals surface area contributed by atoms with Crippen molar-refractivity contribution in [1.82, 2.24) is 9.78 Å². The third kappa shape index (κ3) is 1.41. The third-order valence-corrected chi connectivity index (χ3v) is 4.28. The topological polar surface area (TPSA) is 43.8 Å². The number of rotatable bonds is 2. The SMILES string of the molecule is Cc1nn(C2CCCC2)c(C)c1C1(N)CC1. The van der Waals surface area contributed by atoms with Crippen molar-refractivity contribution in [2.45, 2.75) is 64.0 Å². The van der Waals surface area contributed by atoms with E-state index in [4.69, 9.17) is 10.8 Å². The molecule has 0 aliphatic heterocycles. The van der Waals surface area contributed by atoms with Crippen LogP contribution < -0.4 is 5.73 Å².